The molecular weight excluding hydrogens is 332 g/mol. The van der Waals surface area contributed by atoms with E-state index in [1.165, 1.54) is 15.6 Å². The fourth-order valence-electron chi connectivity index (χ4n) is 2.04. The summed E-state index contributed by atoms with van der Waals surface area (Å²) in [5, 5.41) is 0.675. The molecule has 0 saturated carbocycles. The highest BCUT2D eigenvalue weighted by Crippen LogP contribution is 2.21. The minimum Gasteiger partial charge on any atom is -0.492 e. The average Bonchev–Trinajstić information content (AvgIpc) is 2.95. The average molecular weight is 347 g/mol. The molecule has 6 heteroatoms. The van der Waals surface area contributed by atoms with Crippen molar-refractivity contribution in [2.45, 2.75) is 0 Å². The third-order valence-electron chi connectivity index (χ3n) is 3.14. The van der Waals surface area contributed by atoms with Crippen molar-refractivity contribution in [2.24, 2.45) is 0 Å². The maximum Gasteiger partial charge on any atom is 0.280 e. The summed E-state index contributed by atoms with van der Waals surface area (Å²) >= 11 is 7.20. The maximum absolute atomic E-state index is 12.0. The number of nitrogens with zero attached hydrogens (tertiary/aromatic N) is 1. The molecule has 0 bridgehead atoms. The van der Waals surface area contributed by atoms with E-state index in [0.29, 0.717) is 18.2 Å². The molecule has 0 radical (unpaired) electrons. The zero-order chi connectivity index (χ0) is 16.1. The molecule has 0 fully saturated rings. The molecule has 0 amide bonds. The molecule has 3 rings (SSSR count). The lowest BCUT2D eigenvalue weighted by atomic mass is 10.2. The Morgan fingerprint density at radius 1 is 1.09 bits per heavy atom. The summed E-state index contributed by atoms with van der Waals surface area (Å²) in [4.78, 5) is 12.9. The SMILES string of the molecule is O=c1cc(-c2ccccc2)sn1NCCOc1ccc(Cl)cc1. The van der Waals surface area contributed by atoms with Crippen LogP contribution in [-0.2, 0) is 0 Å². The van der Waals surface area contributed by atoms with Gasteiger partial charge in [-0.2, -0.15) is 4.07 Å². The Kier molecular flexibility index (Phi) is 5.00. The second kappa shape index (κ2) is 7.35. The van der Waals surface area contributed by atoms with Gasteiger partial charge in [0, 0.05) is 11.1 Å². The largest absolute Gasteiger partial charge is 0.492 e. The lowest BCUT2D eigenvalue weighted by Gasteiger charge is -2.08. The number of hydrogen-bond donors (Lipinski definition) is 1. The molecule has 0 saturated heterocycles. The first-order valence-electron chi connectivity index (χ1n) is 7.13. The molecule has 0 spiro atoms. The normalized spacial score (nSPS) is 10.5. The number of benzene rings is 2. The van der Waals surface area contributed by atoms with E-state index in [2.05, 4.69) is 5.43 Å². The minimum atomic E-state index is -0.0691. The quantitative estimate of drug-likeness (QED) is 0.689. The van der Waals surface area contributed by atoms with Gasteiger partial charge in [-0.3, -0.25) is 4.79 Å². The standard InChI is InChI=1S/C17H15ClN2O2S/c18-14-6-8-15(9-7-14)22-11-10-19-20-17(21)12-16(23-20)13-4-2-1-3-5-13/h1-9,12,19H,10-11H2. The fourth-order valence-corrected chi connectivity index (χ4v) is 3.05. The fraction of sp³-hybridized carbons (Fsp3) is 0.118. The van der Waals surface area contributed by atoms with Crippen LogP contribution in [0.4, 0.5) is 0 Å². The van der Waals surface area contributed by atoms with E-state index in [0.717, 1.165) is 16.2 Å². The molecule has 0 aliphatic heterocycles. The van der Waals surface area contributed by atoms with Gasteiger partial charge in [-0.05, 0) is 41.4 Å². The van der Waals surface area contributed by atoms with Gasteiger partial charge in [0.25, 0.3) is 5.56 Å². The highest BCUT2D eigenvalue weighted by atomic mass is 35.5. The second-order valence-electron chi connectivity index (χ2n) is 4.81. The number of aromatic nitrogens is 1. The van der Waals surface area contributed by atoms with Crippen LogP contribution in [0.25, 0.3) is 10.4 Å². The van der Waals surface area contributed by atoms with Crippen molar-refractivity contribution < 1.29 is 4.74 Å². The zero-order valence-corrected chi connectivity index (χ0v) is 13.8. The van der Waals surface area contributed by atoms with Crippen molar-refractivity contribution in [3.8, 4) is 16.2 Å². The van der Waals surface area contributed by atoms with Crippen LogP contribution in [0.15, 0.2) is 65.5 Å². The number of hydrogen-bond acceptors (Lipinski definition) is 4. The van der Waals surface area contributed by atoms with Crippen LogP contribution in [0.1, 0.15) is 0 Å². The van der Waals surface area contributed by atoms with Crippen molar-refractivity contribution in [2.75, 3.05) is 18.6 Å². The molecule has 23 heavy (non-hydrogen) atoms. The molecule has 1 aromatic heterocycles. The van der Waals surface area contributed by atoms with Gasteiger partial charge < -0.3 is 10.2 Å². The van der Waals surface area contributed by atoms with Crippen molar-refractivity contribution >= 4 is 23.1 Å². The molecule has 0 aliphatic carbocycles. The van der Waals surface area contributed by atoms with E-state index in [1.54, 1.807) is 18.2 Å². The monoisotopic (exact) mass is 346 g/mol. The van der Waals surface area contributed by atoms with Crippen LogP contribution in [0, 0.1) is 0 Å². The van der Waals surface area contributed by atoms with Crippen LogP contribution >= 0.6 is 23.1 Å². The second-order valence-corrected chi connectivity index (χ2v) is 6.23. The van der Waals surface area contributed by atoms with Crippen LogP contribution in [0.3, 0.4) is 0 Å². The van der Waals surface area contributed by atoms with E-state index in [9.17, 15) is 4.79 Å². The number of nitrogens with one attached hydrogen (secondary N) is 1. The van der Waals surface area contributed by atoms with Gasteiger partial charge in [-0.15, -0.1) is 0 Å². The van der Waals surface area contributed by atoms with Gasteiger partial charge in [-0.25, -0.2) is 0 Å². The topological polar surface area (TPSA) is 43.3 Å². The minimum absolute atomic E-state index is 0.0691. The Morgan fingerprint density at radius 3 is 2.57 bits per heavy atom. The summed E-state index contributed by atoms with van der Waals surface area (Å²) in [6.07, 6.45) is 0. The molecule has 4 nitrogen and oxygen atoms in total. The van der Waals surface area contributed by atoms with Crippen LogP contribution < -0.4 is 15.7 Å². The Labute approximate surface area is 143 Å². The van der Waals surface area contributed by atoms with Gasteiger partial charge in [0.2, 0.25) is 0 Å². The first-order chi connectivity index (χ1) is 11.2. The molecule has 3 aromatic rings. The molecular formula is C17H15ClN2O2S. The van der Waals surface area contributed by atoms with E-state index >= 15 is 0 Å². The third kappa shape index (κ3) is 4.15. The number of rotatable bonds is 6. The Balaban J connectivity index is 1.55. The summed E-state index contributed by atoms with van der Waals surface area (Å²) in [7, 11) is 0. The third-order valence-corrected chi connectivity index (χ3v) is 4.44. The summed E-state index contributed by atoms with van der Waals surface area (Å²) in [5.74, 6) is 0.750. The highest BCUT2D eigenvalue weighted by molar-refractivity contribution is 7.10. The van der Waals surface area contributed by atoms with E-state index in [-0.39, 0.29) is 5.56 Å². The molecule has 0 unspecified atom stereocenters. The Hall–Kier alpha value is -2.24. The van der Waals surface area contributed by atoms with Crippen molar-refractivity contribution in [3.63, 3.8) is 0 Å². The number of halogens is 1. The van der Waals surface area contributed by atoms with Gasteiger partial charge >= 0.3 is 0 Å². The molecule has 1 N–H and O–H groups in total. The summed E-state index contributed by atoms with van der Waals surface area (Å²) in [6.45, 7) is 0.976. The van der Waals surface area contributed by atoms with E-state index < -0.39 is 0 Å². The van der Waals surface area contributed by atoms with Crippen molar-refractivity contribution in [1.82, 2.24) is 4.07 Å². The van der Waals surface area contributed by atoms with Crippen molar-refractivity contribution in [3.05, 3.63) is 76.0 Å². The summed E-state index contributed by atoms with van der Waals surface area (Å²) < 4.78 is 7.10. The predicted octanol–water partition coefficient (Wildman–Crippen LogP) is 3.85. The highest BCUT2D eigenvalue weighted by Gasteiger charge is 2.05. The van der Waals surface area contributed by atoms with E-state index in [4.69, 9.17) is 16.3 Å². The zero-order valence-electron chi connectivity index (χ0n) is 12.2. The lowest BCUT2D eigenvalue weighted by molar-refractivity contribution is 0.329. The first kappa shape index (κ1) is 15.6. The van der Waals surface area contributed by atoms with Gasteiger partial charge in [-0.1, -0.05) is 41.9 Å². The molecule has 0 aliphatic rings. The van der Waals surface area contributed by atoms with Crippen LogP contribution in [0.5, 0.6) is 5.75 Å². The van der Waals surface area contributed by atoms with Crippen LogP contribution in [0.2, 0.25) is 5.02 Å². The Morgan fingerprint density at radius 2 is 1.83 bits per heavy atom. The predicted molar refractivity (Wildman–Crippen MR) is 95.2 cm³/mol. The summed E-state index contributed by atoms with van der Waals surface area (Å²) in [5.41, 5.74) is 4.02. The molecule has 2 aromatic carbocycles. The summed E-state index contributed by atoms with van der Waals surface area (Å²) in [6, 6.07) is 18.6. The molecule has 1 heterocycles. The number of ether oxygens (including phenoxy) is 1. The smallest absolute Gasteiger partial charge is 0.280 e. The van der Waals surface area contributed by atoms with Gasteiger partial charge in [0.1, 0.15) is 12.4 Å². The van der Waals surface area contributed by atoms with Crippen LogP contribution in [-0.4, -0.2) is 17.2 Å². The van der Waals surface area contributed by atoms with E-state index in [1.807, 2.05) is 42.5 Å². The van der Waals surface area contributed by atoms with Crippen molar-refractivity contribution in [1.29, 1.82) is 0 Å². The lowest BCUT2D eigenvalue weighted by Crippen LogP contribution is -2.26. The first-order valence-corrected chi connectivity index (χ1v) is 8.28. The Bertz CT molecular complexity index is 813. The molecule has 118 valence electrons. The van der Waals surface area contributed by atoms with Gasteiger partial charge in [0.15, 0.2) is 0 Å². The van der Waals surface area contributed by atoms with Gasteiger partial charge in [0.05, 0.1) is 11.4 Å². The molecule has 0 atom stereocenters. The maximum atomic E-state index is 12.0.